The maximum Gasteiger partial charge on any atom is 0.328 e. The smallest absolute Gasteiger partial charge is 0.328 e. The normalized spacial score (nSPS) is 11.5. The second-order valence-corrected chi connectivity index (χ2v) is 6.17. The molecule has 0 radical (unpaired) electrons. The summed E-state index contributed by atoms with van der Waals surface area (Å²) in [4.78, 5) is 34.3. The predicted molar refractivity (Wildman–Crippen MR) is 96.3 cm³/mol. The van der Waals surface area contributed by atoms with E-state index in [-0.39, 0.29) is 17.9 Å². The van der Waals surface area contributed by atoms with Crippen molar-refractivity contribution in [2.45, 2.75) is 19.6 Å². The van der Waals surface area contributed by atoms with Gasteiger partial charge in [0.05, 0.1) is 15.0 Å². The van der Waals surface area contributed by atoms with Gasteiger partial charge in [0.2, 0.25) is 0 Å². The molecular weight excluding hydrogens is 383 g/mol. The number of amides is 1. The Labute approximate surface area is 159 Å². The molecule has 26 heavy (non-hydrogen) atoms. The molecule has 0 saturated heterocycles. The molecule has 2 aromatic rings. The van der Waals surface area contributed by atoms with E-state index in [1.165, 1.54) is 25.1 Å². The summed E-state index contributed by atoms with van der Waals surface area (Å²) < 4.78 is 5.12. The molecule has 0 unspecified atom stereocenters. The molecular formula is C17H14Cl2N2O5. The third-order valence-corrected chi connectivity index (χ3v) is 4.12. The summed E-state index contributed by atoms with van der Waals surface area (Å²) in [5.41, 5.74) is 0.501. The van der Waals surface area contributed by atoms with Crippen LogP contribution in [0.2, 0.25) is 10.0 Å². The Morgan fingerprint density at radius 3 is 2.58 bits per heavy atom. The number of hydrogen-bond acceptors (Lipinski definition) is 5. The van der Waals surface area contributed by atoms with Crippen LogP contribution in [0.15, 0.2) is 42.5 Å². The first kappa shape index (κ1) is 19.7. The Hall–Kier alpha value is -2.64. The summed E-state index contributed by atoms with van der Waals surface area (Å²) in [5, 5.41) is 13.9. The number of esters is 1. The van der Waals surface area contributed by atoms with E-state index in [2.05, 4.69) is 5.32 Å². The first-order valence-electron chi connectivity index (χ1n) is 7.44. The second kappa shape index (κ2) is 8.64. The van der Waals surface area contributed by atoms with Crippen molar-refractivity contribution in [3.63, 3.8) is 0 Å². The van der Waals surface area contributed by atoms with Crippen LogP contribution < -0.4 is 5.32 Å². The average Bonchev–Trinajstić information content (AvgIpc) is 2.62. The van der Waals surface area contributed by atoms with E-state index in [1.54, 1.807) is 18.2 Å². The van der Waals surface area contributed by atoms with Crippen LogP contribution in [0.3, 0.4) is 0 Å². The Kier molecular flexibility index (Phi) is 6.54. The van der Waals surface area contributed by atoms with Gasteiger partial charge in [0.1, 0.15) is 12.6 Å². The molecule has 0 aromatic heterocycles. The Balaban J connectivity index is 1.93. The number of hydrogen-bond donors (Lipinski definition) is 1. The van der Waals surface area contributed by atoms with Crippen LogP contribution in [0.25, 0.3) is 0 Å². The van der Waals surface area contributed by atoms with Gasteiger partial charge in [-0.25, -0.2) is 4.79 Å². The number of nitro groups is 1. The molecule has 0 aliphatic heterocycles. The predicted octanol–water partition coefficient (Wildman–Crippen LogP) is 3.76. The van der Waals surface area contributed by atoms with E-state index in [1.807, 2.05) is 0 Å². The Morgan fingerprint density at radius 2 is 1.92 bits per heavy atom. The summed E-state index contributed by atoms with van der Waals surface area (Å²) in [5.74, 6) is -1.28. The number of non-ortho nitro benzene ring substituents is 1. The van der Waals surface area contributed by atoms with Gasteiger partial charge in [-0.1, -0.05) is 35.3 Å². The van der Waals surface area contributed by atoms with Crippen molar-refractivity contribution in [2.24, 2.45) is 0 Å². The van der Waals surface area contributed by atoms with Crippen LogP contribution in [0, 0.1) is 10.1 Å². The van der Waals surface area contributed by atoms with Crippen molar-refractivity contribution in [1.29, 1.82) is 0 Å². The van der Waals surface area contributed by atoms with Gasteiger partial charge in [0, 0.05) is 17.7 Å². The maximum absolute atomic E-state index is 12.1. The fraction of sp³-hybridized carbons (Fsp3) is 0.176. The lowest BCUT2D eigenvalue weighted by Crippen LogP contribution is -2.39. The van der Waals surface area contributed by atoms with E-state index in [0.29, 0.717) is 15.6 Å². The van der Waals surface area contributed by atoms with Gasteiger partial charge in [-0.2, -0.15) is 0 Å². The first-order valence-corrected chi connectivity index (χ1v) is 8.19. The van der Waals surface area contributed by atoms with Gasteiger partial charge >= 0.3 is 5.97 Å². The minimum absolute atomic E-state index is 0.0350. The summed E-state index contributed by atoms with van der Waals surface area (Å²) in [6, 6.07) is 9.08. The number of carbonyl (C=O) groups excluding carboxylic acids is 2. The van der Waals surface area contributed by atoms with Gasteiger partial charge in [-0.05, 0) is 30.7 Å². The minimum atomic E-state index is -0.940. The van der Waals surface area contributed by atoms with Crippen LogP contribution in [0.5, 0.6) is 0 Å². The molecule has 0 bridgehead atoms. The third kappa shape index (κ3) is 5.18. The summed E-state index contributed by atoms with van der Waals surface area (Å²) in [6.07, 6.45) is 0. The molecule has 0 fully saturated rings. The number of ether oxygens (including phenoxy) is 1. The summed E-state index contributed by atoms with van der Waals surface area (Å²) in [7, 11) is 0. The van der Waals surface area contributed by atoms with E-state index in [0.717, 1.165) is 6.07 Å². The molecule has 7 nitrogen and oxygen atoms in total. The highest BCUT2D eigenvalue weighted by Gasteiger charge is 2.19. The maximum atomic E-state index is 12.1. The Morgan fingerprint density at radius 1 is 1.19 bits per heavy atom. The SMILES string of the molecule is C[C@H](NC(=O)c1cccc([N+](=O)[O-])c1)C(=O)OCc1ccc(Cl)c(Cl)c1. The highest BCUT2D eigenvalue weighted by Crippen LogP contribution is 2.23. The number of nitrogens with zero attached hydrogens (tertiary/aromatic N) is 1. The van der Waals surface area contributed by atoms with Crippen molar-refractivity contribution < 1.29 is 19.2 Å². The summed E-state index contributed by atoms with van der Waals surface area (Å²) in [6.45, 7) is 1.42. The average molecular weight is 397 g/mol. The van der Waals surface area contributed by atoms with Gasteiger partial charge < -0.3 is 10.1 Å². The number of halogens is 2. The van der Waals surface area contributed by atoms with Crippen LogP contribution >= 0.6 is 23.2 Å². The Bertz CT molecular complexity index is 857. The molecule has 2 rings (SSSR count). The van der Waals surface area contributed by atoms with Crippen LogP contribution in [-0.2, 0) is 16.1 Å². The number of carbonyl (C=O) groups is 2. The van der Waals surface area contributed by atoms with E-state index in [4.69, 9.17) is 27.9 Å². The lowest BCUT2D eigenvalue weighted by Gasteiger charge is -2.13. The van der Waals surface area contributed by atoms with E-state index >= 15 is 0 Å². The zero-order valence-electron chi connectivity index (χ0n) is 13.6. The standard InChI is InChI=1S/C17H14Cl2N2O5/c1-10(17(23)26-9-11-5-6-14(18)15(19)7-11)20-16(22)12-3-2-4-13(8-12)21(24)25/h2-8,10H,9H2,1H3,(H,20,22)/t10-/m0/s1. The molecule has 0 aliphatic carbocycles. The van der Waals surface area contributed by atoms with Crippen molar-refractivity contribution in [2.75, 3.05) is 0 Å². The zero-order chi connectivity index (χ0) is 19.3. The van der Waals surface area contributed by atoms with E-state index < -0.39 is 22.8 Å². The van der Waals surface area contributed by atoms with Gasteiger partial charge in [-0.15, -0.1) is 0 Å². The summed E-state index contributed by atoms with van der Waals surface area (Å²) >= 11 is 11.7. The molecule has 0 spiro atoms. The van der Waals surface area contributed by atoms with Crippen LogP contribution in [-0.4, -0.2) is 22.8 Å². The minimum Gasteiger partial charge on any atom is -0.459 e. The fourth-order valence-electron chi connectivity index (χ4n) is 2.01. The van der Waals surface area contributed by atoms with Gasteiger partial charge in [0.15, 0.2) is 0 Å². The first-order chi connectivity index (χ1) is 12.3. The van der Waals surface area contributed by atoms with Crippen molar-refractivity contribution in [3.8, 4) is 0 Å². The lowest BCUT2D eigenvalue weighted by molar-refractivity contribution is -0.384. The van der Waals surface area contributed by atoms with Gasteiger partial charge in [-0.3, -0.25) is 14.9 Å². The number of benzene rings is 2. The molecule has 1 amide bonds. The van der Waals surface area contributed by atoms with Crippen LogP contribution in [0.1, 0.15) is 22.8 Å². The topological polar surface area (TPSA) is 98.5 Å². The largest absolute Gasteiger partial charge is 0.459 e. The molecule has 136 valence electrons. The number of nitrogens with one attached hydrogen (secondary N) is 1. The van der Waals surface area contributed by atoms with Gasteiger partial charge in [0.25, 0.3) is 11.6 Å². The molecule has 1 atom stereocenters. The molecule has 0 heterocycles. The van der Waals surface area contributed by atoms with Crippen molar-refractivity contribution in [1.82, 2.24) is 5.32 Å². The molecule has 0 aliphatic rings. The number of rotatable bonds is 6. The fourth-order valence-corrected chi connectivity index (χ4v) is 2.33. The zero-order valence-corrected chi connectivity index (χ0v) is 15.1. The lowest BCUT2D eigenvalue weighted by atomic mass is 10.2. The second-order valence-electron chi connectivity index (χ2n) is 5.36. The van der Waals surface area contributed by atoms with E-state index in [9.17, 15) is 19.7 Å². The molecule has 0 saturated carbocycles. The van der Waals surface area contributed by atoms with Crippen LogP contribution in [0.4, 0.5) is 5.69 Å². The highest BCUT2D eigenvalue weighted by atomic mass is 35.5. The van der Waals surface area contributed by atoms with Crippen molar-refractivity contribution >= 4 is 40.8 Å². The highest BCUT2D eigenvalue weighted by molar-refractivity contribution is 6.42. The monoisotopic (exact) mass is 396 g/mol. The molecule has 1 N–H and O–H groups in total. The molecule has 9 heteroatoms. The third-order valence-electron chi connectivity index (χ3n) is 3.39. The molecule has 2 aromatic carbocycles. The quantitative estimate of drug-likeness (QED) is 0.455. The number of nitro benzene ring substituents is 1. The van der Waals surface area contributed by atoms with Crippen molar-refractivity contribution in [3.05, 3.63) is 73.8 Å².